The Hall–Kier alpha value is -0.870. The van der Waals surface area contributed by atoms with Crippen LogP contribution in [0.5, 0.6) is 0 Å². The minimum atomic E-state index is 0.0349. The van der Waals surface area contributed by atoms with Crippen LogP contribution in [0, 0.1) is 0 Å². The van der Waals surface area contributed by atoms with Gasteiger partial charge < -0.3 is 10.6 Å². The molecule has 1 aromatic carbocycles. The van der Waals surface area contributed by atoms with Gasteiger partial charge in [-0.1, -0.05) is 34.1 Å². The summed E-state index contributed by atoms with van der Waals surface area (Å²) in [6.07, 6.45) is 1.43. The quantitative estimate of drug-likeness (QED) is 0.793. The third-order valence-electron chi connectivity index (χ3n) is 2.58. The smallest absolute Gasteiger partial charge is 0.220 e. The van der Waals surface area contributed by atoms with Gasteiger partial charge in [0.2, 0.25) is 5.91 Å². The summed E-state index contributed by atoms with van der Waals surface area (Å²) in [6.45, 7) is 2.87. The molecule has 3 nitrogen and oxygen atoms in total. The van der Waals surface area contributed by atoms with Crippen molar-refractivity contribution in [1.82, 2.24) is 10.6 Å². The molecule has 1 rings (SSSR count). The summed E-state index contributed by atoms with van der Waals surface area (Å²) in [5.74, 6) is 0.100. The first-order valence-electron chi connectivity index (χ1n) is 5.83. The van der Waals surface area contributed by atoms with Gasteiger partial charge >= 0.3 is 0 Å². The molecule has 0 heterocycles. The first-order chi connectivity index (χ1) is 8.15. The van der Waals surface area contributed by atoms with E-state index in [1.165, 1.54) is 0 Å². The molecule has 0 saturated heterocycles. The molecular weight excluding hydrogens is 280 g/mol. The summed E-state index contributed by atoms with van der Waals surface area (Å²) in [4.78, 5) is 11.7. The Kier molecular flexibility index (Phi) is 6.22. The topological polar surface area (TPSA) is 41.1 Å². The number of benzene rings is 1. The predicted octanol–water partition coefficient (Wildman–Crippen LogP) is 2.63. The maximum atomic E-state index is 11.7. The van der Waals surface area contributed by atoms with E-state index in [0.29, 0.717) is 6.42 Å². The van der Waals surface area contributed by atoms with Gasteiger partial charge in [-0.2, -0.15) is 0 Å². The van der Waals surface area contributed by atoms with Gasteiger partial charge in [-0.15, -0.1) is 0 Å². The van der Waals surface area contributed by atoms with E-state index in [1.54, 1.807) is 0 Å². The number of rotatable bonds is 6. The fourth-order valence-corrected chi connectivity index (χ4v) is 2.27. The molecular formula is C13H19BrN2O. The Morgan fingerprint density at radius 3 is 2.76 bits per heavy atom. The highest BCUT2D eigenvalue weighted by molar-refractivity contribution is 9.10. The van der Waals surface area contributed by atoms with Crippen molar-refractivity contribution in [2.75, 3.05) is 13.6 Å². The molecule has 0 aromatic heterocycles. The monoisotopic (exact) mass is 298 g/mol. The zero-order valence-electron chi connectivity index (χ0n) is 10.3. The molecule has 2 N–H and O–H groups in total. The molecule has 94 valence electrons. The van der Waals surface area contributed by atoms with E-state index < -0.39 is 0 Å². The Labute approximate surface area is 111 Å². The van der Waals surface area contributed by atoms with E-state index in [-0.39, 0.29) is 11.9 Å². The first-order valence-corrected chi connectivity index (χ1v) is 6.63. The van der Waals surface area contributed by atoms with Crippen LogP contribution in [0.3, 0.4) is 0 Å². The maximum Gasteiger partial charge on any atom is 0.220 e. The molecule has 0 aliphatic heterocycles. The van der Waals surface area contributed by atoms with Crippen LogP contribution in [0.2, 0.25) is 0 Å². The first kappa shape index (κ1) is 14.2. The molecule has 1 aromatic rings. The van der Waals surface area contributed by atoms with Crippen LogP contribution in [0.15, 0.2) is 28.7 Å². The molecule has 0 radical (unpaired) electrons. The molecule has 0 fully saturated rings. The van der Waals surface area contributed by atoms with Crippen LogP contribution in [0.4, 0.5) is 0 Å². The van der Waals surface area contributed by atoms with Crippen molar-refractivity contribution in [3.05, 3.63) is 34.3 Å². The number of carbonyl (C=O) groups is 1. The Morgan fingerprint density at radius 2 is 2.12 bits per heavy atom. The summed E-state index contributed by atoms with van der Waals surface area (Å²) in [7, 11) is 1.89. The van der Waals surface area contributed by atoms with Crippen LogP contribution < -0.4 is 10.6 Å². The molecule has 0 unspecified atom stereocenters. The zero-order valence-corrected chi connectivity index (χ0v) is 11.9. The lowest BCUT2D eigenvalue weighted by atomic mass is 10.1. The lowest BCUT2D eigenvalue weighted by Gasteiger charge is -2.15. The fraction of sp³-hybridized carbons (Fsp3) is 0.462. The van der Waals surface area contributed by atoms with Crippen molar-refractivity contribution < 1.29 is 4.79 Å². The zero-order chi connectivity index (χ0) is 12.7. The van der Waals surface area contributed by atoms with Gasteiger partial charge in [0.1, 0.15) is 0 Å². The van der Waals surface area contributed by atoms with E-state index in [4.69, 9.17) is 0 Å². The SMILES string of the molecule is CNCCCC(=O)N[C@@H](C)c1ccccc1Br. The molecule has 0 bridgehead atoms. The van der Waals surface area contributed by atoms with E-state index in [1.807, 2.05) is 38.2 Å². The minimum absolute atomic E-state index is 0.0349. The summed E-state index contributed by atoms with van der Waals surface area (Å²) in [5.41, 5.74) is 1.11. The maximum absolute atomic E-state index is 11.7. The van der Waals surface area contributed by atoms with Crippen molar-refractivity contribution in [2.45, 2.75) is 25.8 Å². The average molecular weight is 299 g/mol. The van der Waals surface area contributed by atoms with Gasteiger partial charge in [0, 0.05) is 10.9 Å². The molecule has 1 atom stereocenters. The third kappa shape index (κ3) is 4.88. The lowest BCUT2D eigenvalue weighted by molar-refractivity contribution is -0.121. The van der Waals surface area contributed by atoms with Crippen molar-refractivity contribution in [2.24, 2.45) is 0 Å². The second kappa shape index (κ2) is 7.45. The third-order valence-corrected chi connectivity index (χ3v) is 3.30. The summed E-state index contributed by atoms with van der Waals surface area (Å²) in [5, 5.41) is 6.03. The Morgan fingerprint density at radius 1 is 1.41 bits per heavy atom. The highest BCUT2D eigenvalue weighted by atomic mass is 79.9. The van der Waals surface area contributed by atoms with Crippen LogP contribution >= 0.6 is 15.9 Å². The van der Waals surface area contributed by atoms with E-state index in [2.05, 4.69) is 26.6 Å². The highest BCUT2D eigenvalue weighted by Gasteiger charge is 2.11. The number of nitrogens with one attached hydrogen (secondary N) is 2. The average Bonchev–Trinajstić information content (AvgIpc) is 2.29. The number of halogens is 1. The molecule has 1 amide bonds. The van der Waals surface area contributed by atoms with E-state index in [0.717, 1.165) is 23.0 Å². The van der Waals surface area contributed by atoms with Crippen LogP contribution in [0.25, 0.3) is 0 Å². The molecule has 0 saturated carbocycles. The van der Waals surface area contributed by atoms with E-state index >= 15 is 0 Å². The molecule has 0 aliphatic carbocycles. The Balaban J connectivity index is 2.46. The standard InChI is InChI=1S/C13H19BrN2O/c1-10(11-6-3-4-7-12(11)14)16-13(17)8-5-9-15-2/h3-4,6-7,10,15H,5,8-9H2,1-2H3,(H,16,17)/t10-/m0/s1. The molecule has 4 heteroatoms. The van der Waals surface area contributed by atoms with Crippen molar-refractivity contribution >= 4 is 21.8 Å². The predicted molar refractivity (Wildman–Crippen MR) is 73.9 cm³/mol. The van der Waals surface area contributed by atoms with Gasteiger partial charge in [-0.25, -0.2) is 0 Å². The summed E-state index contributed by atoms with van der Waals surface area (Å²) < 4.78 is 1.03. The van der Waals surface area contributed by atoms with E-state index in [9.17, 15) is 4.79 Å². The number of amides is 1. The van der Waals surface area contributed by atoms with Crippen LogP contribution in [-0.4, -0.2) is 19.5 Å². The number of hydrogen-bond acceptors (Lipinski definition) is 2. The number of hydrogen-bond donors (Lipinski definition) is 2. The van der Waals surface area contributed by atoms with Crippen LogP contribution in [0.1, 0.15) is 31.4 Å². The highest BCUT2D eigenvalue weighted by Crippen LogP contribution is 2.22. The van der Waals surface area contributed by atoms with Crippen molar-refractivity contribution in [1.29, 1.82) is 0 Å². The van der Waals surface area contributed by atoms with Gasteiger partial charge in [0.15, 0.2) is 0 Å². The van der Waals surface area contributed by atoms with Crippen molar-refractivity contribution in [3.8, 4) is 0 Å². The Bertz CT molecular complexity index is 368. The second-order valence-corrected chi connectivity index (χ2v) is 4.87. The van der Waals surface area contributed by atoms with Gasteiger partial charge in [0.25, 0.3) is 0 Å². The molecule has 0 spiro atoms. The van der Waals surface area contributed by atoms with Crippen LogP contribution in [-0.2, 0) is 4.79 Å². The largest absolute Gasteiger partial charge is 0.350 e. The van der Waals surface area contributed by atoms with Gasteiger partial charge in [0.05, 0.1) is 6.04 Å². The molecule has 0 aliphatic rings. The summed E-state index contributed by atoms with van der Waals surface area (Å²) in [6, 6.07) is 7.98. The fourth-order valence-electron chi connectivity index (χ4n) is 1.64. The van der Waals surface area contributed by atoms with Gasteiger partial charge in [-0.3, -0.25) is 4.79 Å². The second-order valence-electron chi connectivity index (χ2n) is 4.02. The normalized spacial score (nSPS) is 12.2. The van der Waals surface area contributed by atoms with Crippen molar-refractivity contribution in [3.63, 3.8) is 0 Å². The molecule has 17 heavy (non-hydrogen) atoms. The lowest BCUT2D eigenvalue weighted by Crippen LogP contribution is -2.27. The van der Waals surface area contributed by atoms with Gasteiger partial charge in [-0.05, 0) is 38.6 Å². The number of carbonyl (C=O) groups excluding carboxylic acids is 1. The minimum Gasteiger partial charge on any atom is -0.350 e. The summed E-state index contributed by atoms with van der Waals surface area (Å²) >= 11 is 3.49.